The molecule has 1 aromatic carbocycles. The summed E-state index contributed by atoms with van der Waals surface area (Å²) in [5, 5.41) is 5.82. The Hall–Kier alpha value is -1.92. The van der Waals surface area contributed by atoms with Crippen molar-refractivity contribution in [2.24, 2.45) is 11.1 Å². The average molecular weight is 361 g/mol. The van der Waals surface area contributed by atoms with Crippen molar-refractivity contribution < 1.29 is 9.59 Å². The molecule has 1 aliphatic carbocycles. The van der Waals surface area contributed by atoms with Crippen LogP contribution in [0.3, 0.4) is 0 Å². The van der Waals surface area contributed by atoms with Crippen LogP contribution in [0.5, 0.6) is 0 Å². The van der Waals surface area contributed by atoms with Crippen molar-refractivity contribution in [3.63, 3.8) is 0 Å². The van der Waals surface area contributed by atoms with Crippen molar-refractivity contribution in [2.45, 2.75) is 44.9 Å². The lowest BCUT2D eigenvalue weighted by atomic mass is 9.71. The summed E-state index contributed by atoms with van der Waals surface area (Å²) in [6.45, 7) is 1.28. The Balaban J connectivity index is 1.84. The van der Waals surface area contributed by atoms with Crippen molar-refractivity contribution in [3.05, 3.63) is 24.3 Å². The lowest BCUT2D eigenvalue weighted by Crippen LogP contribution is -2.36. The fourth-order valence-corrected chi connectivity index (χ4v) is 3.49. The Bertz CT molecular complexity index is 592. The van der Waals surface area contributed by atoms with E-state index in [1.54, 1.807) is 0 Å². The highest BCUT2D eigenvalue weighted by Crippen LogP contribution is 2.38. The van der Waals surface area contributed by atoms with Gasteiger partial charge in [0.2, 0.25) is 11.8 Å². The number of anilines is 2. The number of benzene rings is 1. The van der Waals surface area contributed by atoms with Crippen molar-refractivity contribution in [3.8, 4) is 0 Å². The lowest BCUT2D eigenvalue weighted by molar-refractivity contribution is -0.119. The molecule has 0 bridgehead atoms. The van der Waals surface area contributed by atoms with Gasteiger partial charge in [-0.1, -0.05) is 19.3 Å². The second-order valence-corrected chi connectivity index (χ2v) is 7.67. The van der Waals surface area contributed by atoms with Gasteiger partial charge in [-0.3, -0.25) is 9.59 Å². The van der Waals surface area contributed by atoms with Crippen LogP contribution in [0, 0.1) is 5.41 Å². The standard InChI is InChI=1S/C20H32N4O2/c1-24(2)13-10-18(25)22-16-6-8-17(9-7-16)23-19(26)14-20(15-21)11-4-3-5-12-20/h6-9H,3-5,10-15,21H2,1-2H3,(H,22,25)(H,23,26). The Labute approximate surface area is 156 Å². The van der Waals surface area contributed by atoms with Crippen molar-refractivity contribution in [1.82, 2.24) is 4.90 Å². The van der Waals surface area contributed by atoms with Crippen molar-refractivity contribution in [1.29, 1.82) is 0 Å². The molecule has 26 heavy (non-hydrogen) atoms. The number of amides is 2. The number of carbonyl (C=O) groups is 2. The molecule has 0 atom stereocenters. The summed E-state index contributed by atoms with van der Waals surface area (Å²) >= 11 is 0. The first-order valence-electron chi connectivity index (χ1n) is 9.47. The average Bonchev–Trinajstić information content (AvgIpc) is 2.62. The van der Waals surface area contributed by atoms with Crippen LogP contribution in [-0.2, 0) is 9.59 Å². The summed E-state index contributed by atoms with van der Waals surface area (Å²) < 4.78 is 0. The van der Waals surface area contributed by atoms with Crippen LogP contribution in [0.2, 0.25) is 0 Å². The van der Waals surface area contributed by atoms with E-state index in [0.717, 1.165) is 37.1 Å². The maximum atomic E-state index is 12.4. The van der Waals surface area contributed by atoms with E-state index in [0.29, 0.717) is 25.9 Å². The lowest BCUT2D eigenvalue weighted by Gasteiger charge is -2.35. The van der Waals surface area contributed by atoms with Gasteiger partial charge in [-0.05, 0) is 63.2 Å². The number of hydrogen-bond donors (Lipinski definition) is 3. The molecule has 6 heteroatoms. The number of carbonyl (C=O) groups excluding carboxylic acids is 2. The first-order chi connectivity index (χ1) is 12.4. The Morgan fingerprint density at radius 3 is 2.04 bits per heavy atom. The van der Waals surface area contributed by atoms with Gasteiger partial charge in [-0.15, -0.1) is 0 Å². The number of nitrogens with one attached hydrogen (secondary N) is 2. The van der Waals surface area contributed by atoms with E-state index < -0.39 is 0 Å². The van der Waals surface area contributed by atoms with Gasteiger partial charge >= 0.3 is 0 Å². The summed E-state index contributed by atoms with van der Waals surface area (Å²) in [7, 11) is 3.87. The third kappa shape index (κ3) is 6.42. The zero-order chi connectivity index (χ0) is 19.0. The Morgan fingerprint density at radius 1 is 1.00 bits per heavy atom. The van der Waals surface area contributed by atoms with Crippen molar-refractivity contribution in [2.75, 3.05) is 37.8 Å². The Morgan fingerprint density at radius 2 is 1.54 bits per heavy atom. The normalized spacial score (nSPS) is 16.3. The highest BCUT2D eigenvalue weighted by Gasteiger charge is 2.32. The molecular weight excluding hydrogens is 328 g/mol. The molecule has 2 amide bonds. The second kappa shape index (κ2) is 9.69. The van der Waals surface area contributed by atoms with Gasteiger partial charge in [-0.25, -0.2) is 0 Å². The molecule has 1 aliphatic rings. The topological polar surface area (TPSA) is 87.5 Å². The summed E-state index contributed by atoms with van der Waals surface area (Å²) in [5.74, 6) is -0.00205. The second-order valence-electron chi connectivity index (χ2n) is 7.67. The predicted molar refractivity (Wildman–Crippen MR) is 106 cm³/mol. The van der Waals surface area contributed by atoms with Gasteiger partial charge in [0.05, 0.1) is 0 Å². The van der Waals surface area contributed by atoms with E-state index in [4.69, 9.17) is 5.73 Å². The van der Waals surface area contributed by atoms with Gasteiger partial charge in [0, 0.05) is 30.8 Å². The molecule has 1 saturated carbocycles. The van der Waals surface area contributed by atoms with Gasteiger partial charge in [0.25, 0.3) is 0 Å². The molecule has 0 radical (unpaired) electrons. The molecular formula is C20H32N4O2. The summed E-state index contributed by atoms with van der Waals surface area (Å²) in [6, 6.07) is 7.25. The van der Waals surface area contributed by atoms with E-state index in [-0.39, 0.29) is 17.2 Å². The molecule has 0 aliphatic heterocycles. The minimum atomic E-state index is -0.0390. The van der Waals surface area contributed by atoms with Gasteiger partial charge in [0.1, 0.15) is 0 Å². The van der Waals surface area contributed by atoms with E-state index in [2.05, 4.69) is 10.6 Å². The van der Waals surface area contributed by atoms with Crippen LogP contribution < -0.4 is 16.4 Å². The number of nitrogens with two attached hydrogens (primary N) is 1. The van der Waals surface area contributed by atoms with Crippen LogP contribution in [0.25, 0.3) is 0 Å². The number of nitrogens with zero attached hydrogens (tertiary/aromatic N) is 1. The zero-order valence-corrected chi connectivity index (χ0v) is 16.0. The highest BCUT2D eigenvalue weighted by atomic mass is 16.2. The fourth-order valence-electron chi connectivity index (χ4n) is 3.49. The van der Waals surface area contributed by atoms with Crippen LogP contribution in [0.15, 0.2) is 24.3 Å². The maximum Gasteiger partial charge on any atom is 0.225 e. The minimum absolute atomic E-state index is 0.0140. The highest BCUT2D eigenvalue weighted by molar-refractivity contribution is 5.93. The zero-order valence-electron chi connectivity index (χ0n) is 16.0. The first-order valence-corrected chi connectivity index (χ1v) is 9.47. The van der Waals surface area contributed by atoms with E-state index >= 15 is 0 Å². The molecule has 1 fully saturated rings. The molecule has 0 unspecified atom stereocenters. The predicted octanol–water partition coefficient (Wildman–Crippen LogP) is 2.81. The molecule has 1 aromatic rings. The van der Waals surface area contributed by atoms with E-state index in [1.807, 2.05) is 43.3 Å². The third-order valence-corrected chi connectivity index (χ3v) is 5.12. The summed E-state index contributed by atoms with van der Waals surface area (Å²) in [5.41, 5.74) is 7.40. The molecule has 0 spiro atoms. The SMILES string of the molecule is CN(C)CCC(=O)Nc1ccc(NC(=O)CC2(CN)CCCCC2)cc1. The van der Waals surface area contributed by atoms with Crippen LogP contribution in [0.1, 0.15) is 44.9 Å². The molecule has 144 valence electrons. The molecule has 0 aromatic heterocycles. The summed E-state index contributed by atoms with van der Waals surface area (Å²) in [6.07, 6.45) is 6.56. The third-order valence-electron chi connectivity index (χ3n) is 5.12. The van der Waals surface area contributed by atoms with Gasteiger partial charge in [0.15, 0.2) is 0 Å². The minimum Gasteiger partial charge on any atom is -0.330 e. The maximum absolute atomic E-state index is 12.4. The van der Waals surface area contributed by atoms with E-state index in [9.17, 15) is 9.59 Å². The molecule has 4 N–H and O–H groups in total. The van der Waals surface area contributed by atoms with Crippen LogP contribution in [-0.4, -0.2) is 43.9 Å². The monoisotopic (exact) mass is 360 g/mol. The Kier molecular flexibility index (Phi) is 7.60. The number of rotatable bonds is 8. The number of hydrogen-bond acceptors (Lipinski definition) is 4. The quantitative estimate of drug-likeness (QED) is 0.665. The molecule has 0 heterocycles. The summed E-state index contributed by atoms with van der Waals surface area (Å²) in [4.78, 5) is 26.2. The fraction of sp³-hybridized carbons (Fsp3) is 0.600. The van der Waals surface area contributed by atoms with E-state index in [1.165, 1.54) is 6.42 Å². The van der Waals surface area contributed by atoms with Crippen molar-refractivity contribution >= 4 is 23.2 Å². The molecule has 2 rings (SSSR count). The van der Waals surface area contributed by atoms with Gasteiger partial charge < -0.3 is 21.3 Å². The molecule has 0 saturated heterocycles. The largest absolute Gasteiger partial charge is 0.330 e. The first kappa shape index (κ1) is 20.4. The van der Waals surface area contributed by atoms with Gasteiger partial charge in [-0.2, -0.15) is 0 Å². The smallest absolute Gasteiger partial charge is 0.225 e. The van der Waals surface area contributed by atoms with Crippen LogP contribution in [0.4, 0.5) is 11.4 Å². The van der Waals surface area contributed by atoms with Crippen LogP contribution >= 0.6 is 0 Å². The molecule has 6 nitrogen and oxygen atoms in total.